The summed E-state index contributed by atoms with van der Waals surface area (Å²) >= 11 is 0. The number of halogens is 3. The van der Waals surface area contributed by atoms with E-state index in [0.29, 0.717) is 5.41 Å². The van der Waals surface area contributed by atoms with Gasteiger partial charge in [-0.15, -0.1) is 0 Å². The Bertz CT molecular complexity index is 437. The van der Waals surface area contributed by atoms with Crippen LogP contribution in [0.25, 0.3) is 0 Å². The standard InChI is InChI=1S/C11H19N.C7H12F3NO.2CH4/c1-2-11(8-10-9-12-10)6-4-3-5-7-11;1-5(2)12-6(3-11-4-6)7(8,9)10;;/h9,12H,2-8H2,1H3;5,11H,3-4H2,1-2H3;2*1H4. The van der Waals surface area contributed by atoms with E-state index in [1.807, 2.05) is 0 Å². The lowest BCUT2D eigenvalue weighted by molar-refractivity contribution is -0.302. The van der Waals surface area contributed by atoms with Crippen molar-refractivity contribution < 1.29 is 17.9 Å². The third kappa shape index (κ3) is 6.45. The van der Waals surface area contributed by atoms with Crippen LogP contribution in [0.4, 0.5) is 13.2 Å². The molecule has 2 N–H and O–H groups in total. The number of ether oxygens (including phenoxy) is 1. The number of rotatable bonds is 5. The average Bonchev–Trinajstić information content (AvgIpc) is 3.27. The molecule has 3 rings (SSSR count). The van der Waals surface area contributed by atoms with Gasteiger partial charge in [0.15, 0.2) is 5.60 Å². The first-order chi connectivity index (χ1) is 11.2. The second kappa shape index (κ2) is 9.98. The molecule has 0 spiro atoms. The largest absolute Gasteiger partial charge is 0.419 e. The second-order valence-electron chi connectivity index (χ2n) is 7.67. The second-order valence-corrected chi connectivity index (χ2v) is 7.67. The van der Waals surface area contributed by atoms with Crippen molar-refractivity contribution in [1.82, 2.24) is 10.6 Å². The molecule has 1 saturated heterocycles. The van der Waals surface area contributed by atoms with E-state index in [-0.39, 0.29) is 27.9 Å². The molecule has 0 aromatic heterocycles. The minimum Gasteiger partial charge on any atom is -0.362 e. The van der Waals surface area contributed by atoms with Gasteiger partial charge in [0, 0.05) is 25.0 Å². The molecular weight excluding hydrogens is 341 g/mol. The predicted octanol–water partition coefficient (Wildman–Crippen LogP) is 5.77. The normalized spacial score (nSPS) is 22.3. The average molecular weight is 381 g/mol. The van der Waals surface area contributed by atoms with Crippen molar-refractivity contribution in [2.75, 3.05) is 13.1 Å². The fourth-order valence-electron chi connectivity index (χ4n) is 3.67. The Balaban J connectivity index is 0.000000446. The Morgan fingerprint density at radius 2 is 1.65 bits per heavy atom. The monoisotopic (exact) mass is 380 g/mol. The van der Waals surface area contributed by atoms with Crippen LogP contribution in [0.15, 0.2) is 11.9 Å². The summed E-state index contributed by atoms with van der Waals surface area (Å²) < 4.78 is 41.9. The molecule has 0 radical (unpaired) electrons. The lowest BCUT2D eigenvalue weighted by Gasteiger charge is -2.44. The van der Waals surface area contributed by atoms with Crippen LogP contribution in [-0.2, 0) is 4.74 Å². The van der Waals surface area contributed by atoms with Gasteiger partial charge in [-0.05, 0) is 38.5 Å². The minimum atomic E-state index is -4.26. The Labute approximate surface area is 158 Å². The van der Waals surface area contributed by atoms with Gasteiger partial charge in [0.25, 0.3) is 0 Å². The van der Waals surface area contributed by atoms with Crippen LogP contribution in [0.5, 0.6) is 0 Å². The highest BCUT2D eigenvalue weighted by atomic mass is 19.4. The summed E-state index contributed by atoms with van der Waals surface area (Å²) in [5, 5.41) is 5.80. The van der Waals surface area contributed by atoms with Crippen LogP contribution in [0.2, 0.25) is 0 Å². The van der Waals surface area contributed by atoms with E-state index in [1.165, 1.54) is 50.6 Å². The predicted molar refractivity (Wildman–Crippen MR) is 103 cm³/mol. The highest BCUT2D eigenvalue weighted by Crippen LogP contribution is 2.44. The van der Waals surface area contributed by atoms with Gasteiger partial charge in [0.1, 0.15) is 0 Å². The number of nitrogens with one attached hydrogen (secondary N) is 2. The van der Waals surface area contributed by atoms with Crippen molar-refractivity contribution >= 4 is 0 Å². The van der Waals surface area contributed by atoms with Crippen molar-refractivity contribution in [1.29, 1.82) is 0 Å². The molecule has 26 heavy (non-hydrogen) atoms. The summed E-state index contributed by atoms with van der Waals surface area (Å²) in [7, 11) is 0. The first kappa shape index (κ1) is 25.2. The lowest BCUT2D eigenvalue weighted by atomic mass is 9.70. The maximum Gasteiger partial charge on any atom is 0.419 e. The molecule has 1 saturated carbocycles. The zero-order valence-electron chi connectivity index (χ0n) is 15.1. The molecule has 3 nitrogen and oxygen atoms in total. The molecule has 6 heteroatoms. The molecule has 2 aliphatic heterocycles. The Morgan fingerprint density at radius 3 is 1.92 bits per heavy atom. The molecule has 0 amide bonds. The maximum absolute atomic E-state index is 12.4. The van der Waals surface area contributed by atoms with Crippen LogP contribution in [-0.4, -0.2) is 31.0 Å². The van der Waals surface area contributed by atoms with E-state index in [4.69, 9.17) is 4.74 Å². The SMILES string of the molecule is C.C.CC(C)OC1(C(F)(F)F)CNC1.CCC1(CC2=CN2)CCCCC1. The molecule has 0 aromatic rings. The summed E-state index contributed by atoms with van der Waals surface area (Å²) in [4.78, 5) is 0. The summed E-state index contributed by atoms with van der Waals surface area (Å²) in [6.07, 6.45) is 7.50. The van der Waals surface area contributed by atoms with Gasteiger partial charge in [-0.25, -0.2) is 0 Å². The van der Waals surface area contributed by atoms with Gasteiger partial charge in [-0.2, -0.15) is 13.2 Å². The van der Waals surface area contributed by atoms with E-state index in [1.54, 1.807) is 13.8 Å². The van der Waals surface area contributed by atoms with E-state index in [2.05, 4.69) is 23.8 Å². The van der Waals surface area contributed by atoms with Gasteiger partial charge < -0.3 is 15.4 Å². The van der Waals surface area contributed by atoms with Crippen LogP contribution in [0.1, 0.15) is 80.6 Å². The van der Waals surface area contributed by atoms with Gasteiger partial charge in [0.05, 0.1) is 6.10 Å². The molecule has 0 bridgehead atoms. The number of hydrogen-bond acceptors (Lipinski definition) is 3. The topological polar surface area (TPSA) is 43.2 Å². The summed E-state index contributed by atoms with van der Waals surface area (Å²) in [6, 6.07) is 0. The molecule has 2 fully saturated rings. The van der Waals surface area contributed by atoms with Crippen molar-refractivity contribution in [2.45, 2.75) is 98.5 Å². The van der Waals surface area contributed by atoms with Crippen molar-refractivity contribution in [3.05, 3.63) is 11.9 Å². The molecule has 2 heterocycles. The molecule has 1 aliphatic carbocycles. The van der Waals surface area contributed by atoms with Crippen molar-refractivity contribution in [3.8, 4) is 0 Å². The van der Waals surface area contributed by atoms with E-state index in [0.717, 1.165) is 0 Å². The zero-order valence-corrected chi connectivity index (χ0v) is 15.1. The molecular formula is C20H39F3N2O. The van der Waals surface area contributed by atoms with Crippen LogP contribution < -0.4 is 10.6 Å². The van der Waals surface area contributed by atoms with E-state index in [9.17, 15) is 13.2 Å². The zero-order chi connectivity index (χ0) is 17.8. The fourth-order valence-corrected chi connectivity index (χ4v) is 3.67. The Hall–Kier alpha value is -0.750. The third-order valence-electron chi connectivity index (χ3n) is 5.38. The summed E-state index contributed by atoms with van der Waals surface area (Å²) in [6.45, 7) is 5.30. The number of allylic oxidation sites excluding steroid dienone is 1. The first-order valence-electron chi connectivity index (χ1n) is 9.13. The quantitative estimate of drug-likeness (QED) is 0.636. The summed E-state index contributed by atoms with van der Waals surface area (Å²) in [5.41, 5.74) is 0.244. The maximum atomic E-state index is 12.4. The minimum absolute atomic E-state index is 0. The highest BCUT2D eigenvalue weighted by molar-refractivity contribution is 5.18. The first-order valence-corrected chi connectivity index (χ1v) is 9.13. The van der Waals surface area contributed by atoms with E-state index < -0.39 is 17.9 Å². The molecule has 156 valence electrons. The Kier molecular flexibility index (Phi) is 9.69. The summed E-state index contributed by atoms with van der Waals surface area (Å²) in [5.74, 6) is 0. The number of hydrogen-bond donors (Lipinski definition) is 2. The van der Waals surface area contributed by atoms with E-state index >= 15 is 0 Å². The lowest BCUT2D eigenvalue weighted by Crippen LogP contribution is -2.69. The van der Waals surface area contributed by atoms with Crippen LogP contribution in [0.3, 0.4) is 0 Å². The number of alkyl halides is 3. The molecule has 0 atom stereocenters. The Morgan fingerprint density at radius 1 is 1.12 bits per heavy atom. The smallest absolute Gasteiger partial charge is 0.362 e. The molecule has 0 unspecified atom stereocenters. The molecule has 3 aliphatic rings. The fraction of sp³-hybridized carbons (Fsp3) is 0.900. The molecule has 0 aromatic carbocycles. The highest BCUT2D eigenvalue weighted by Gasteiger charge is 2.60. The van der Waals surface area contributed by atoms with Gasteiger partial charge in [-0.3, -0.25) is 0 Å². The third-order valence-corrected chi connectivity index (χ3v) is 5.38. The van der Waals surface area contributed by atoms with Crippen molar-refractivity contribution in [3.63, 3.8) is 0 Å². The van der Waals surface area contributed by atoms with Gasteiger partial charge in [0.2, 0.25) is 0 Å². The van der Waals surface area contributed by atoms with Gasteiger partial charge in [-0.1, -0.05) is 47.5 Å². The van der Waals surface area contributed by atoms with Crippen molar-refractivity contribution in [2.24, 2.45) is 5.41 Å². The van der Waals surface area contributed by atoms with Gasteiger partial charge >= 0.3 is 6.18 Å². The van der Waals surface area contributed by atoms with Crippen LogP contribution in [0, 0.1) is 5.41 Å². The van der Waals surface area contributed by atoms with Crippen LogP contribution >= 0.6 is 0 Å².